The van der Waals surface area contributed by atoms with E-state index in [1.807, 2.05) is 23.9 Å². The van der Waals surface area contributed by atoms with Gasteiger partial charge in [0.15, 0.2) is 5.78 Å². The van der Waals surface area contributed by atoms with E-state index in [1.165, 1.54) is 31.2 Å². The molecule has 0 saturated heterocycles. The summed E-state index contributed by atoms with van der Waals surface area (Å²) in [5, 5.41) is 0.730. The summed E-state index contributed by atoms with van der Waals surface area (Å²) in [6, 6.07) is 8.17. The van der Waals surface area contributed by atoms with Crippen LogP contribution in [0, 0.1) is 0 Å². The van der Waals surface area contributed by atoms with E-state index in [0.717, 1.165) is 23.7 Å². The fourth-order valence-corrected chi connectivity index (χ4v) is 3.70. The Kier molecular flexibility index (Phi) is 5.30. The SMILES string of the molecule is CCCc1ccc(C(=O)CSC2CCCC2)cc1. The van der Waals surface area contributed by atoms with E-state index in [0.29, 0.717) is 5.75 Å². The van der Waals surface area contributed by atoms with Gasteiger partial charge in [-0.05, 0) is 24.8 Å². The molecule has 18 heavy (non-hydrogen) atoms. The number of hydrogen-bond donors (Lipinski definition) is 0. The van der Waals surface area contributed by atoms with E-state index in [2.05, 4.69) is 19.1 Å². The van der Waals surface area contributed by atoms with Gasteiger partial charge in [-0.25, -0.2) is 0 Å². The summed E-state index contributed by atoms with van der Waals surface area (Å²) in [4.78, 5) is 12.0. The molecule has 0 aliphatic heterocycles. The highest BCUT2D eigenvalue weighted by Gasteiger charge is 2.17. The molecular formula is C16H22OS. The van der Waals surface area contributed by atoms with Gasteiger partial charge < -0.3 is 0 Å². The molecule has 0 amide bonds. The fourth-order valence-electron chi connectivity index (χ4n) is 2.48. The highest BCUT2D eigenvalue weighted by atomic mass is 32.2. The van der Waals surface area contributed by atoms with Crippen LogP contribution in [0.2, 0.25) is 0 Å². The van der Waals surface area contributed by atoms with Gasteiger partial charge in [0.2, 0.25) is 0 Å². The lowest BCUT2D eigenvalue weighted by molar-refractivity contribution is 0.102. The minimum Gasteiger partial charge on any atom is -0.293 e. The molecular weight excluding hydrogens is 240 g/mol. The van der Waals surface area contributed by atoms with Crippen molar-refractivity contribution >= 4 is 17.5 Å². The molecule has 1 fully saturated rings. The number of carbonyl (C=O) groups is 1. The first-order chi connectivity index (χ1) is 8.79. The Labute approximate surface area is 114 Å². The molecule has 1 aliphatic carbocycles. The molecule has 0 N–H and O–H groups in total. The number of ketones is 1. The second-order valence-electron chi connectivity index (χ2n) is 5.09. The maximum atomic E-state index is 12.0. The zero-order valence-corrected chi connectivity index (χ0v) is 12.0. The molecule has 0 heterocycles. The Hall–Kier alpha value is -0.760. The molecule has 0 unspecified atom stereocenters. The molecule has 0 aromatic heterocycles. The van der Waals surface area contributed by atoms with Gasteiger partial charge >= 0.3 is 0 Å². The zero-order valence-electron chi connectivity index (χ0n) is 11.2. The standard InChI is InChI=1S/C16H22OS/c1-2-5-13-8-10-14(11-9-13)16(17)12-18-15-6-3-4-7-15/h8-11,15H,2-7,12H2,1H3. The summed E-state index contributed by atoms with van der Waals surface area (Å²) in [7, 11) is 0. The Morgan fingerprint density at radius 2 is 1.89 bits per heavy atom. The van der Waals surface area contributed by atoms with Crippen LogP contribution < -0.4 is 0 Å². The third kappa shape index (κ3) is 3.88. The van der Waals surface area contributed by atoms with Crippen molar-refractivity contribution in [1.29, 1.82) is 0 Å². The largest absolute Gasteiger partial charge is 0.293 e. The second-order valence-corrected chi connectivity index (χ2v) is 6.38. The normalized spacial score (nSPS) is 16.1. The van der Waals surface area contributed by atoms with Gasteiger partial charge in [-0.1, -0.05) is 50.5 Å². The minimum atomic E-state index is 0.287. The predicted molar refractivity (Wildman–Crippen MR) is 79.5 cm³/mol. The van der Waals surface area contributed by atoms with Crippen molar-refractivity contribution in [3.63, 3.8) is 0 Å². The number of rotatable bonds is 6. The van der Waals surface area contributed by atoms with Gasteiger partial charge in [-0.2, -0.15) is 11.8 Å². The predicted octanol–water partition coefficient (Wildman–Crippen LogP) is 4.50. The van der Waals surface area contributed by atoms with Gasteiger partial charge in [0.1, 0.15) is 0 Å². The van der Waals surface area contributed by atoms with Crippen molar-refractivity contribution in [1.82, 2.24) is 0 Å². The van der Waals surface area contributed by atoms with Crippen molar-refractivity contribution in [2.45, 2.75) is 50.7 Å². The van der Waals surface area contributed by atoms with Gasteiger partial charge in [0.25, 0.3) is 0 Å². The van der Waals surface area contributed by atoms with E-state index in [9.17, 15) is 4.79 Å². The third-order valence-corrected chi connectivity index (χ3v) is 4.94. The van der Waals surface area contributed by atoms with E-state index in [1.54, 1.807) is 0 Å². The van der Waals surface area contributed by atoms with Crippen molar-refractivity contribution in [3.8, 4) is 0 Å². The van der Waals surface area contributed by atoms with E-state index >= 15 is 0 Å². The van der Waals surface area contributed by atoms with E-state index in [-0.39, 0.29) is 5.78 Å². The molecule has 1 aliphatic rings. The van der Waals surface area contributed by atoms with Crippen molar-refractivity contribution in [3.05, 3.63) is 35.4 Å². The van der Waals surface area contributed by atoms with Crippen molar-refractivity contribution < 1.29 is 4.79 Å². The zero-order chi connectivity index (χ0) is 12.8. The smallest absolute Gasteiger partial charge is 0.172 e. The Balaban J connectivity index is 1.83. The maximum Gasteiger partial charge on any atom is 0.172 e. The fraction of sp³-hybridized carbons (Fsp3) is 0.562. The first kappa shape index (κ1) is 13.7. The number of thioether (sulfide) groups is 1. The molecule has 0 atom stereocenters. The number of aryl methyl sites for hydroxylation is 1. The number of Topliss-reactive ketones (excluding diaryl/α,β-unsaturated/α-hetero) is 1. The summed E-state index contributed by atoms with van der Waals surface area (Å²) >= 11 is 1.85. The first-order valence-corrected chi connectivity index (χ1v) is 8.08. The molecule has 1 nitrogen and oxygen atoms in total. The molecule has 2 rings (SSSR count). The monoisotopic (exact) mass is 262 g/mol. The van der Waals surface area contributed by atoms with Crippen LogP contribution in [0.15, 0.2) is 24.3 Å². The molecule has 1 saturated carbocycles. The summed E-state index contributed by atoms with van der Waals surface area (Å²) in [6.45, 7) is 2.18. The average molecular weight is 262 g/mol. The molecule has 0 spiro atoms. The Morgan fingerprint density at radius 1 is 1.22 bits per heavy atom. The van der Waals surface area contributed by atoms with Crippen molar-refractivity contribution in [2.24, 2.45) is 0 Å². The summed E-state index contributed by atoms with van der Waals surface area (Å²) < 4.78 is 0. The lowest BCUT2D eigenvalue weighted by Gasteiger charge is -2.08. The van der Waals surface area contributed by atoms with Gasteiger partial charge in [0, 0.05) is 10.8 Å². The van der Waals surface area contributed by atoms with Gasteiger partial charge in [-0.3, -0.25) is 4.79 Å². The number of hydrogen-bond acceptors (Lipinski definition) is 2. The van der Waals surface area contributed by atoms with Gasteiger partial charge in [-0.15, -0.1) is 0 Å². The molecule has 0 bridgehead atoms. The lowest BCUT2D eigenvalue weighted by atomic mass is 10.1. The van der Waals surface area contributed by atoms with Gasteiger partial charge in [0.05, 0.1) is 5.75 Å². The van der Waals surface area contributed by atoms with Crippen LogP contribution in [0.5, 0.6) is 0 Å². The summed E-state index contributed by atoms with van der Waals surface area (Å²) in [5.74, 6) is 0.938. The number of carbonyl (C=O) groups excluding carboxylic acids is 1. The van der Waals surface area contributed by atoms with E-state index in [4.69, 9.17) is 0 Å². The highest BCUT2D eigenvalue weighted by Crippen LogP contribution is 2.29. The van der Waals surface area contributed by atoms with Crippen LogP contribution >= 0.6 is 11.8 Å². The lowest BCUT2D eigenvalue weighted by Crippen LogP contribution is -2.06. The van der Waals surface area contributed by atoms with Crippen LogP contribution in [-0.2, 0) is 6.42 Å². The van der Waals surface area contributed by atoms with Crippen molar-refractivity contribution in [2.75, 3.05) is 5.75 Å². The quantitative estimate of drug-likeness (QED) is 0.702. The molecule has 98 valence electrons. The minimum absolute atomic E-state index is 0.287. The second kappa shape index (κ2) is 6.98. The van der Waals surface area contributed by atoms with Crippen LogP contribution in [0.4, 0.5) is 0 Å². The number of benzene rings is 1. The van der Waals surface area contributed by atoms with Crippen LogP contribution in [0.3, 0.4) is 0 Å². The summed E-state index contributed by atoms with van der Waals surface area (Å²) in [5.41, 5.74) is 2.21. The molecule has 0 radical (unpaired) electrons. The van der Waals surface area contributed by atoms with E-state index < -0.39 is 0 Å². The maximum absolute atomic E-state index is 12.0. The Bertz CT molecular complexity index is 377. The molecule has 1 aromatic carbocycles. The highest BCUT2D eigenvalue weighted by molar-refractivity contribution is 8.00. The molecule has 2 heteroatoms. The Morgan fingerprint density at radius 3 is 2.50 bits per heavy atom. The van der Waals surface area contributed by atoms with Crippen LogP contribution in [0.1, 0.15) is 54.9 Å². The topological polar surface area (TPSA) is 17.1 Å². The third-order valence-electron chi connectivity index (χ3n) is 3.57. The first-order valence-electron chi connectivity index (χ1n) is 7.03. The van der Waals surface area contributed by atoms with Crippen LogP contribution in [-0.4, -0.2) is 16.8 Å². The van der Waals surface area contributed by atoms with Crippen LogP contribution in [0.25, 0.3) is 0 Å². The molecule has 1 aromatic rings. The average Bonchev–Trinajstić information content (AvgIpc) is 2.90. The summed E-state index contributed by atoms with van der Waals surface area (Å²) in [6.07, 6.45) is 7.55.